The zero-order chi connectivity index (χ0) is 19.3. The first-order valence-electron chi connectivity index (χ1n) is 10.1. The van der Waals surface area contributed by atoms with Gasteiger partial charge in [-0.25, -0.2) is 4.68 Å². The zero-order valence-corrected chi connectivity index (χ0v) is 16.4. The van der Waals surface area contributed by atoms with E-state index in [9.17, 15) is 4.79 Å². The summed E-state index contributed by atoms with van der Waals surface area (Å²) in [5, 5.41) is 4.35. The molecule has 0 radical (unpaired) electrons. The Hall–Kier alpha value is -2.38. The van der Waals surface area contributed by atoms with Crippen molar-refractivity contribution in [1.82, 2.24) is 19.6 Å². The molecular weight excluding hydrogens is 356 g/mol. The Balaban J connectivity index is 1.32. The Bertz CT molecular complexity index is 783. The molecule has 2 aliphatic heterocycles. The van der Waals surface area contributed by atoms with Crippen LogP contribution in [0.2, 0.25) is 0 Å². The van der Waals surface area contributed by atoms with Gasteiger partial charge < -0.3 is 14.4 Å². The maximum absolute atomic E-state index is 12.5. The van der Waals surface area contributed by atoms with Crippen LogP contribution in [0.5, 0.6) is 5.75 Å². The molecule has 0 bridgehead atoms. The van der Waals surface area contributed by atoms with Gasteiger partial charge >= 0.3 is 0 Å². The molecule has 150 valence electrons. The van der Waals surface area contributed by atoms with Crippen LogP contribution in [0.1, 0.15) is 30.1 Å². The molecule has 7 nitrogen and oxygen atoms in total. The Morgan fingerprint density at radius 3 is 2.71 bits per heavy atom. The molecule has 2 aromatic rings. The summed E-state index contributed by atoms with van der Waals surface area (Å²) in [4.78, 5) is 16.8. The highest BCUT2D eigenvalue weighted by Gasteiger charge is 2.20. The van der Waals surface area contributed by atoms with Gasteiger partial charge in [-0.1, -0.05) is 0 Å². The van der Waals surface area contributed by atoms with Gasteiger partial charge in [-0.3, -0.25) is 9.69 Å². The number of hydrogen-bond donors (Lipinski definition) is 0. The first kappa shape index (κ1) is 19.0. The maximum Gasteiger partial charge on any atom is 0.257 e. The molecule has 1 atom stereocenters. The van der Waals surface area contributed by atoms with Crippen LogP contribution < -0.4 is 4.74 Å². The highest BCUT2D eigenvalue weighted by atomic mass is 16.5. The molecule has 0 saturated carbocycles. The third-order valence-electron chi connectivity index (χ3n) is 5.57. The quantitative estimate of drug-likeness (QED) is 0.764. The normalized spacial score (nSPS) is 20.5. The molecule has 1 amide bonds. The van der Waals surface area contributed by atoms with E-state index in [4.69, 9.17) is 9.47 Å². The number of hydrogen-bond acceptors (Lipinski definition) is 5. The van der Waals surface area contributed by atoms with Gasteiger partial charge in [-0.15, -0.1) is 0 Å². The Labute approximate surface area is 165 Å². The van der Waals surface area contributed by atoms with Crippen molar-refractivity contribution in [3.63, 3.8) is 0 Å². The number of likely N-dealkylation sites (tertiary alicyclic amines) is 1. The molecule has 0 unspecified atom stereocenters. The van der Waals surface area contributed by atoms with E-state index in [1.807, 2.05) is 29.2 Å². The zero-order valence-electron chi connectivity index (χ0n) is 16.4. The van der Waals surface area contributed by atoms with E-state index in [0.717, 1.165) is 18.0 Å². The van der Waals surface area contributed by atoms with Gasteiger partial charge in [0.2, 0.25) is 0 Å². The predicted molar refractivity (Wildman–Crippen MR) is 106 cm³/mol. The van der Waals surface area contributed by atoms with Gasteiger partial charge in [0.05, 0.1) is 30.7 Å². The van der Waals surface area contributed by atoms with Crippen molar-refractivity contribution in [3.05, 3.63) is 42.2 Å². The third-order valence-corrected chi connectivity index (χ3v) is 5.57. The minimum atomic E-state index is 0.00523. The van der Waals surface area contributed by atoms with Gasteiger partial charge in [0.25, 0.3) is 5.91 Å². The van der Waals surface area contributed by atoms with Crippen LogP contribution in [0.25, 0.3) is 5.69 Å². The van der Waals surface area contributed by atoms with E-state index in [1.54, 1.807) is 17.1 Å². The number of rotatable bonds is 6. The Morgan fingerprint density at radius 1 is 1.21 bits per heavy atom. The second-order valence-corrected chi connectivity index (χ2v) is 7.45. The molecule has 2 aliphatic rings. The fraction of sp³-hybridized carbons (Fsp3) is 0.524. The lowest BCUT2D eigenvalue weighted by atomic mass is 10.2. The summed E-state index contributed by atoms with van der Waals surface area (Å²) in [6.07, 6.45) is 5.98. The monoisotopic (exact) mass is 384 g/mol. The summed E-state index contributed by atoms with van der Waals surface area (Å²) >= 11 is 0. The lowest BCUT2D eigenvalue weighted by Gasteiger charge is -2.26. The SMILES string of the molecule is C[C@@H]1CCCN1CCOc1ccc(-n2cc(C(=O)N3CCOCC3)cn2)cc1. The van der Waals surface area contributed by atoms with E-state index in [-0.39, 0.29) is 5.91 Å². The van der Waals surface area contributed by atoms with Gasteiger partial charge in [0, 0.05) is 31.9 Å². The Morgan fingerprint density at radius 2 is 2.00 bits per heavy atom. The van der Waals surface area contributed by atoms with Crippen LogP contribution in [0, 0.1) is 0 Å². The average molecular weight is 384 g/mol. The molecule has 2 saturated heterocycles. The van der Waals surface area contributed by atoms with E-state index < -0.39 is 0 Å². The molecule has 1 aromatic carbocycles. The Kier molecular flexibility index (Phi) is 5.92. The van der Waals surface area contributed by atoms with Crippen LogP contribution in [-0.4, -0.2) is 77.5 Å². The van der Waals surface area contributed by atoms with Crippen molar-refractivity contribution in [1.29, 1.82) is 0 Å². The second kappa shape index (κ2) is 8.75. The van der Waals surface area contributed by atoms with Crippen molar-refractivity contribution in [3.8, 4) is 11.4 Å². The van der Waals surface area contributed by atoms with Crippen LogP contribution >= 0.6 is 0 Å². The average Bonchev–Trinajstić information content (AvgIpc) is 3.38. The van der Waals surface area contributed by atoms with Gasteiger partial charge in [0.15, 0.2) is 0 Å². The number of nitrogens with zero attached hydrogens (tertiary/aromatic N) is 4. The van der Waals surface area contributed by atoms with Crippen molar-refractivity contribution in [2.24, 2.45) is 0 Å². The summed E-state index contributed by atoms with van der Waals surface area (Å²) in [6, 6.07) is 8.50. The molecule has 28 heavy (non-hydrogen) atoms. The van der Waals surface area contributed by atoms with Crippen LogP contribution in [-0.2, 0) is 4.74 Å². The minimum Gasteiger partial charge on any atom is -0.492 e. The topological polar surface area (TPSA) is 59.8 Å². The van der Waals surface area contributed by atoms with E-state index in [0.29, 0.717) is 44.5 Å². The van der Waals surface area contributed by atoms with Crippen LogP contribution in [0.3, 0.4) is 0 Å². The molecule has 7 heteroatoms. The summed E-state index contributed by atoms with van der Waals surface area (Å²) in [7, 11) is 0. The largest absolute Gasteiger partial charge is 0.492 e. The van der Waals surface area contributed by atoms with Gasteiger partial charge in [-0.2, -0.15) is 5.10 Å². The van der Waals surface area contributed by atoms with E-state index in [2.05, 4.69) is 16.9 Å². The highest BCUT2D eigenvalue weighted by Crippen LogP contribution is 2.18. The lowest BCUT2D eigenvalue weighted by molar-refractivity contribution is 0.0303. The molecule has 4 rings (SSSR count). The number of ether oxygens (including phenoxy) is 2. The van der Waals surface area contributed by atoms with Gasteiger partial charge in [0.1, 0.15) is 12.4 Å². The summed E-state index contributed by atoms with van der Waals surface area (Å²) < 4.78 is 12.9. The second-order valence-electron chi connectivity index (χ2n) is 7.45. The first-order chi connectivity index (χ1) is 13.7. The summed E-state index contributed by atoms with van der Waals surface area (Å²) in [5.74, 6) is 0.859. The van der Waals surface area contributed by atoms with Crippen LogP contribution in [0.15, 0.2) is 36.7 Å². The smallest absolute Gasteiger partial charge is 0.257 e. The van der Waals surface area contributed by atoms with E-state index >= 15 is 0 Å². The summed E-state index contributed by atoms with van der Waals surface area (Å²) in [6.45, 7) is 7.57. The van der Waals surface area contributed by atoms with Crippen molar-refractivity contribution < 1.29 is 14.3 Å². The molecule has 1 aromatic heterocycles. The first-order valence-corrected chi connectivity index (χ1v) is 10.1. The molecular formula is C21H28N4O3. The minimum absolute atomic E-state index is 0.00523. The molecule has 2 fully saturated rings. The maximum atomic E-state index is 12.5. The number of amides is 1. The fourth-order valence-corrected chi connectivity index (χ4v) is 3.82. The highest BCUT2D eigenvalue weighted by molar-refractivity contribution is 5.93. The van der Waals surface area contributed by atoms with Crippen molar-refractivity contribution in [2.45, 2.75) is 25.8 Å². The van der Waals surface area contributed by atoms with Gasteiger partial charge in [-0.05, 0) is 50.6 Å². The fourth-order valence-electron chi connectivity index (χ4n) is 3.82. The lowest BCUT2D eigenvalue weighted by Crippen LogP contribution is -2.40. The standard InChI is InChI=1S/C21H28N4O3/c1-17-3-2-8-23(17)11-14-28-20-6-4-19(5-7-20)25-16-18(15-22-25)21(26)24-9-12-27-13-10-24/h4-7,15-17H,2-3,8-14H2,1H3/t17-/m1/s1. The number of carbonyl (C=O) groups is 1. The number of aromatic nitrogens is 2. The van der Waals surface area contributed by atoms with Crippen molar-refractivity contribution >= 4 is 5.91 Å². The molecule has 0 N–H and O–H groups in total. The predicted octanol–water partition coefficient (Wildman–Crippen LogP) is 2.21. The third kappa shape index (κ3) is 4.36. The number of carbonyl (C=O) groups excluding carboxylic acids is 1. The van der Waals surface area contributed by atoms with Crippen LogP contribution in [0.4, 0.5) is 0 Å². The molecule has 0 spiro atoms. The summed E-state index contributed by atoms with van der Waals surface area (Å²) in [5.41, 5.74) is 1.50. The van der Waals surface area contributed by atoms with Crippen molar-refractivity contribution in [2.75, 3.05) is 46.0 Å². The number of morpholine rings is 1. The number of benzene rings is 1. The molecule has 3 heterocycles. The molecule has 0 aliphatic carbocycles. The van der Waals surface area contributed by atoms with E-state index in [1.165, 1.54) is 19.4 Å².